The maximum Gasteiger partial charge on any atom is 0.453 e. The van der Waals surface area contributed by atoms with Crippen molar-refractivity contribution in [2.75, 3.05) is 0 Å². The minimum absolute atomic E-state index is 1.90. The lowest BCUT2D eigenvalue weighted by atomic mass is 10.3. The molecule has 1 atom stereocenters. The summed E-state index contributed by atoms with van der Waals surface area (Å²) in [5.41, 5.74) is 4.36. The summed E-state index contributed by atoms with van der Waals surface area (Å²) in [6.45, 7) is 0. The van der Waals surface area contributed by atoms with Crippen LogP contribution in [-0.4, -0.2) is 4.89 Å². The lowest BCUT2D eigenvalue weighted by molar-refractivity contribution is 0.323. The van der Waals surface area contributed by atoms with E-state index < -0.39 is 42.6 Å². The highest BCUT2D eigenvalue weighted by Crippen LogP contribution is 2.39. The van der Waals surface area contributed by atoms with Gasteiger partial charge in [-0.2, -0.15) is 8.78 Å². The van der Waals surface area contributed by atoms with E-state index >= 15 is 0 Å². The van der Waals surface area contributed by atoms with Crippen LogP contribution >= 0.6 is 7.75 Å². The number of rotatable bonds is 2. The first-order valence-electron chi connectivity index (χ1n) is 3.47. The minimum atomic E-state index is -4.93. The van der Waals surface area contributed by atoms with Gasteiger partial charge in [0.2, 0.25) is 34.8 Å². The highest BCUT2D eigenvalue weighted by atomic mass is 31.2. The second-order valence-corrected chi connectivity index (χ2v) is 3.87. The van der Waals surface area contributed by atoms with Gasteiger partial charge in [-0.1, -0.05) is 0 Å². The molecule has 90 valence electrons. The summed E-state index contributed by atoms with van der Waals surface area (Å²) in [6, 6.07) is 0. The van der Waals surface area contributed by atoms with Gasteiger partial charge in [0, 0.05) is 0 Å². The van der Waals surface area contributed by atoms with Crippen LogP contribution in [0, 0.1) is 29.1 Å². The van der Waals surface area contributed by atoms with Crippen LogP contribution in [0.25, 0.3) is 0 Å². The number of halogens is 5. The summed E-state index contributed by atoms with van der Waals surface area (Å²) in [7, 11) is -4.93. The zero-order valence-corrected chi connectivity index (χ0v) is 8.07. The Morgan fingerprint density at radius 3 is 1.56 bits per heavy atom. The van der Waals surface area contributed by atoms with Crippen LogP contribution in [0.4, 0.5) is 22.0 Å². The molecule has 0 aliphatic heterocycles. The Labute approximate surface area is 85.0 Å². The van der Waals surface area contributed by atoms with Crippen LogP contribution in [0.15, 0.2) is 0 Å². The molecule has 0 saturated carbocycles. The molecule has 1 rings (SSSR count). The largest absolute Gasteiger partial charge is 0.453 e. The van der Waals surface area contributed by atoms with Crippen LogP contribution in [-0.2, 0) is 4.57 Å². The fraction of sp³-hybridized carbons (Fsp3) is 0. The highest BCUT2D eigenvalue weighted by Gasteiger charge is 2.30. The van der Waals surface area contributed by atoms with Crippen molar-refractivity contribution in [2.24, 2.45) is 5.50 Å². The van der Waals surface area contributed by atoms with E-state index in [-0.39, 0.29) is 0 Å². The molecular formula is C6H3F5NO3P. The summed E-state index contributed by atoms with van der Waals surface area (Å²) < 4.78 is 77.1. The van der Waals surface area contributed by atoms with Crippen molar-refractivity contribution >= 4 is 7.75 Å². The maximum absolute atomic E-state index is 12.8. The van der Waals surface area contributed by atoms with Crippen molar-refractivity contribution in [3.63, 3.8) is 0 Å². The molecule has 1 aromatic carbocycles. The molecule has 16 heavy (non-hydrogen) atoms. The van der Waals surface area contributed by atoms with Gasteiger partial charge < -0.3 is 9.42 Å². The monoisotopic (exact) mass is 263 g/mol. The molecule has 0 saturated heterocycles. The van der Waals surface area contributed by atoms with Crippen molar-refractivity contribution in [1.82, 2.24) is 0 Å². The maximum atomic E-state index is 12.8. The first kappa shape index (κ1) is 12.9. The molecule has 0 aliphatic rings. The van der Waals surface area contributed by atoms with Crippen molar-refractivity contribution < 1.29 is 35.9 Å². The molecule has 4 nitrogen and oxygen atoms in total. The molecule has 0 aliphatic carbocycles. The van der Waals surface area contributed by atoms with E-state index in [9.17, 15) is 26.5 Å². The third-order valence-electron chi connectivity index (χ3n) is 1.39. The van der Waals surface area contributed by atoms with E-state index in [1.54, 1.807) is 0 Å². The van der Waals surface area contributed by atoms with Crippen molar-refractivity contribution in [3.05, 3.63) is 29.1 Å². The first-order chi connectivity index (χ1) is 7.15. The molecule has 0 spiro atoms. The average molecular weight is 263 g/mol. The second-order valence-electron chi connectivity index (χ2n) is 2.55. The van der Waals surface area contributed by atoms with Gasteiger partial charge in [0.1, 0.15) is 0 Å². The molecule has 0 bridgehead atoms. The number of nitrogens with two attached hydrogens (primary N) is 1. The second kappa shape index (κ2) is 4.00. The van der Waals surface area contributed by atoms with Crippen LogP contribution in [0.1, 0.15) is 0 Å². The topological polar surface area (TPSA) is 72.6 Å². The number of hydrogen-bond acceptors (Lipinski definition) is 2. The molecule has 0 amide bonds. The summed E-state index contributed by atoms with van der Waals surface area (Å²) in [4.78, 5) is 8.41. The average Bonchev–Trinajstić information content (AvgIpc) is 2.17. The Morgan fingerprint density at radius 1 is 0.938 bits per heavy atom. The molecule has 10 heteroatoms. The van der Waals surface area contributed by atoms with E-state index in [0.717, 1.165) is 0 Å². The van der Waals surface area contributed by atoms with Gasteiger partial charge in [0.05, 0.1) is 0 Å². The van der Waals surface area contributed by atoms with Crippen LogP contribution in [0.2, 0.25) is 0 Å². The van der Waals surface area contributed by atoms with Crippen LogP contribution < -0.4 is 10.0 Å². The van der Waals surface area contributed by atoms with Gasteiger partial charge in [-0.3, -0.25) is 0 Å². The lowest BCUT2D eigenvalue weighted by Crippen LogP contribution is -2.08. The summed E-state index contributed by atoms with van der Waals surface area (Å²) in [5.74, 6) is -13.7. The van der Waals surface area contributed by atoms with Crippen molar-refractivity contribution in [1.29, 1.82) is 0 Å². The van der Waals surface area contributed by atoms with Gasteiger partial charge in [-0.05, 0) is 0 Å². The fourth-order valence-corrected chi connectivity index (χ4v) is 1.22. The van der Waals surface area contributed by atoms with E-state index in [1.807, 2.05) is 0 Å². The number of hydrogen-bond donors (Lipinski definition) is 2. The minimum Gasteiger partial charge on any atom is -0.407 e. The van der Waals surface area contributed by atoms with E-state index in [2.05, 4.69) is 10.0 Å². The quantitative estimate of drug-likeness (QED) is 0.369. The smallest absolute Gasteiger partial charge is 0.407 e. The normalized spacial score (nSPS) is 14.7. The summed E-state index contributed by atoms with van der Waals surface area (Å²) in [5, 5.41) is 0. The zero-order valence-electron chi connectivity index (χ0n) is 7.18. The van der Waals surface area contributed by atoms with Crippen LogP contribution in [0.3, 0.4) is 0 Å². The predicted octanol–water partition coefficient (Wildman–Crippen LogP) is 1.82. The van der Waals surface area contributed by atoms with Gasteiger partial charge in [-0.15, -0.1) is 0 Å². The Kier molecular flexibility index (Phi) is 3.22. The van der Waals surface area contributed by atoms with Gasteiger partial charge in [-0.25, -0.2) is 23.2 Å². The molecule has 0 aromatic heterocycles. The number of benzene rings is 1. The molecule has 0 heterocycles. The van der Waals surface area contributed by atoms with Crippen molar-refractivity contribution in [3.8, 4) is 5.75 Å². The molecule has 0 fully saturated rings. The third-order valence-corrected chi connectivity index (χ3v) is 1.84. The van der Waals surface area contributed by atoms with E-state index in [1.165, 1.54) is 0 Å². The molecule has 3 N–H and O–H groups in total. The zero-order chi connectivity index (χ0) is 12.7. The summed E-state index contributed by atoms with van der Waals surface area (Å²) in [6.07, 6.45) is 0. The summed E-state index contributed by atoms with van der Waals surface area (Å²) >= 11 is 0. The highest BCUT2D eigenvalue weighted by molar-refractivity contribution is 7.50. The SMILES string of the molecule is NP(=O)(O)Oc1c(F)c(F)c(F)c(F)c1F. The molecule has 1 unspecified atom stereocenters. The van der Waals surface area contributed by atoms with Gasteiger partial charge >= 0.3 is 7.75 Å². The molecule has 1 aromatic rings. The Hall–Kier alpha value is -1.18. The lowest BCUT2D eigenvalue weighted by Gasteiger charge is -2.10. The molecular weight excluding hydrogens is 260 g/mol. The Morgan fingerprint density at radius 2 is 1.25 bits per heavy atom. The van der Waals surface area contributed by atoms with Crippen molar-refractivity contribution in [2.45, 2.75) is 0 Å². The van der Waals surface area contributed by atoms with Crippen LogP contribution in [0.5, 0.6) is 5.75 Å². The third kappa shape index (κ3) is 2.31. The standard InChI is InChI=1S/C6H3F5NO3P/c7-1-2(8)4(10)6(5(11)3(1)9)15-16(12,13)14/h(H3,12,13,14). The van der Waals surface area contributed by atoms with E-state index in [4.69, 9.17) is 4.89 Å². The van der Waals surface area contributed by atoms with Gasteiger partial charge in [0.25, 0.3) is 0 Å². The fourth-order valence-electron chi connectivity index (χ4n) is 0.796. The predicted molar refractivity (Wildman–Crippen MR) is 40.9 cm³/mol. The Bertz CT molecular complexity index is 459. The Balaban J connectivity index is 3.46. The van der Waals surface area contributed by atoms with E-state index in [0.29, 0.717) is 0 Å². The van der Waals surface area contributed by atoms with Gasteiger partial charge in [0.15, 0.2) is 0 Å². The molecule has 0 radical (unpaired) electrons. The first-order valence-corrected chi connectivity index (χ1v) is 5.12.